The molecule has 1 heterocycles. The van der Waals surface area contributed by atoms with Crippen LogP contribution in [0.1, 0.15) is 32.6 Å². The number of allylic oxidation sites excluding steroid dienone is 3. The van der Waals surface area contributed by atoms with Crippen LogP contribution in [0.15, 0.2) is 24.0 Å². The fourth-order valence-electron chi connectivity index (χ4n) is 1.14. The maximum atomic E-state index is 5.40. The molecule has 1 heteroatoms. The Kier molecular flexibility index (Phi) is 3.81. The third-order valence-electron chi connectivity index (χ3n) is 1.81. The average Bonchev–Trinajstić information content (AvgIpc) is 2.07. The summed E-state index contributed by atoms with van der Waals surface area (Å²) in [5.74, 6) is 1.15. The van der Waals surface area contributed by atoms with Gasteiger partial charge in [-0.2, -0.15) is 0 Å². The van der Waals surface area contributed by atoms with Gasteiger partial charge in [-0.05, 0) is 18.6 Å². The quantitative estimate of drug-likeness (QED) is 0.562. The van der Waals surface area contributed by atoms with Crippen LogP contribution in [-0.2, 0) is 4.74 Å². The summed E-state index contributed by atoms with van der Waals surface area (Å²) in [5.41, 5.74) is 0. The van der Waals surface area contributed by atoms with Gasteiger partial charge in [0.2, 0.25) is 0 Å². The smallest absolute Gasteiger partial charge is 0.106 e. The molecule has 1 aliphatic heterocycles. The van der Waals surface area contributed by atoms with E-state index >= 15 is 0 Å². The molecule has 1 aliphatic rings. The Morgan fingerprint density at radius 2 is 2.36 bits per heavy atom. The van der Waals surface area contributed by atoms with Crippen LogP contribution in [0.5, 0.6) is 0 Å². The lowest BCUT2D eigenvalue weighted by Crippen LogP contribution is -1.96. The Morgan fingerprint density at radius 3 is 3.00 bits per heavy atom. The van der Waals surface area contributed by atoms with Crippen LogP contribution in [0.4, 0.5) is 0 Å². The van der Waals surface area contributed by atoms with Gasteiger partial charge in [-0.1, -0.05) is 25.8 Å². The topological polar surface area (TPSA) is 9.23 Å². The zero-order chi connectivity index (χ0) is 7.94. The van der Waals surface area contributed by atoms with Crippen molar-refractivity contribution in [3.63, 3.8) is 0 Å². The fraction of sp³-hybridized carbons (Fsp3) is 0.600. The lowest BCUT2D eigenvalue weighted by atomic mass is 10.1. The largest absolute Gasteiger partial charge is 0.494 e. The molecule has 0 N–H and O–H groups in total. The van der Waals surface area contributed by atoms with Gasteiger partial charge in [-0.25, -0.2) is 0 Å². The Bertz CT molecular complexity index is 156. The van der Waals surface area contributed by atoms with Crippen molar-refractivity contribution < 1.29 is 4.74 Å². The summed E-state index contributed by atoms with van der Waals surface area (Å²) in [4.78, 5) is 0. The maximum Gasteiger partial charge on any atom is 0.106 e. The molecule has 1 rings (SSSR count). The van der Waals surface area contributed by atoms with Crippen LogP contribution in [0.3, 0.4) is 0 Å². The Balaban J connectivity index is 2.15. The van der Waals surface area contributed by atoms with Crippen molar-refractivity contribution in [2.24, 2.45) is 0 Å². The van der Waals surface area contributed by atoms with E-state index < -0.39 is 0 Å². The predicted molar refractivity (Wildman–Crippen MR) is 47.3 cm³/mol. The van der Waals surface area contributed by atoms with Gasteiger partial charge in [0.1, 0.15) is 6.61 Å². The molecule has 0 aliphatic carbocycles. The van der Waals surface area contributed by atoms with Crippen molar-refractivity contribution in [1.82, 2.24) is 0 Å². The minimum Gasteiger partial charge on any atom is -0.494 e. The molecule has 0 bridgehead atoms. The van der Waals surface area contributed by atoms with E-state index in [4.69, 9.17) is 4.74 Å². The molecule has 0 radical (unpaired) electrons. The van der Waals surface area contributed by atoms with Crippen molar-refractivity contribution in [3.8, 4) is 0 Å². The summed E-state index contributed by atoms with van der Waals surface area (Å²) in [7, 11) is 0. The molecule has 0 amide bonds. The first-order valence-corrected chi connectivity index (χ1v) is 4.42. The van der Waals surface area contributed by atoms with Gasteiger partial charge in [-0.3, -0.25) is 0 Å². The van der Waals surface area contributed by atoms with E-state index in [9.17, 15) is 0 Å². The molecule has 0 aromatic heterocycles. The second kappa shape index (κ2) is 5.00. The van der Waals surface area contributed by atoms with Gasteiger partial charge in [0.05, 0.1) is 5.76 Å². The third kappa shape index (κ3) is 3.26. The highest BCUT2D eigenvalue weighted by molar-refractivity contribution is 5.11. The van der Waals surface area contributed by atoms with Crippen LogP contribution in [-0.4, -0.2) is 6.61 Å². The van der Waals surface area contributed by atoms with E-state index in [0.29, 0.717) is 0 Å². The first-order chi connectivity index (χ1) is 5.43. The Hall–Kier alpha value is -0.720. The van der Waals surface area contributed by atoms with Crippen LogP contribution >= 0.6 is 0 Å². The Labute approximate surface area is 68.8 Å². The lowest BCUT2D eigenvalue weighted by molar-refractivity contribution is 0.229. The molecule has 0 saturated carbocycles. The molecule has 0 fully saturated rings. The number of hydrogen-bond donors (Lipinski definition) is 0. The van der Waals surface area contributed by atoms with Crippen LogP contribution in [0, 0.1) is 0 Å². The average molecular weight is 152 g/mol. The Morgan fingerprint density at radius 1 is 1.45 bits per heavy atom. The normalized spacial score (nSPS) is 15.9. The highest BCUT2D eigenvalue weighted by Crippen LogP contribution is 2.12. The summed E-state index contributed by atoms with van der Waals surface area (Å²) in [5, 5.41) is 0. The van der Waals surface area contributed by atoms with E-state index in [2.05, 4.69) is 19.1 Å². The zero-order valence-corrected chi connectivity index (χ0v) is 7.18. The van der Waals surface area contributed by atoms with E-state index in [1.807, 2.05) is 6.08 Å². The van der Waals surface area contributed by atoms with Gasteiger partial charge in [-0.15, -0.1) is 0 Å². The van der Waals surface area contributed by atoms with Gasteiger partial charge in [0.25, 0.3) is 0 Å². The highest BCUT2D eigenvalue weighted by Gasteiger charge is 1.98. The van der Waals surface area contributed by atoms with Crippen LogP contribution in [0.2, 0.25) is 0 Å². The standard InChI is InChI=1S/C10H16O/c1-2-3-4-7-10-8-5-6-9-11-10/h5-6,8H,2-4,7,9H2,1H3. The van der Waals surface area contributed by atoms with Crippen molar-refractivity contribution in [1.29, 1.82) is 0 Å². The second-order valence-electron chi connectivity index (χ2n) is 2.83. The molecule has 0 unspecified atom stereocenters. The molecular weight excluding hydrogens is 136 g/mol. The minimum absolute atomic E-state index is 0.762. The SMILES string of the molecule is CCCCCC1=CC=CCO1. The van der Waals surface area contributed by atoms with E-state index in [0.717, 1.165) is 18.8 Å². The molecule has 0 saturated heterocycles. The van der Waals surface area contributed by atoms with Gasteiger partial charge >= 0.3 is 0 Å². The predicted octanol–water partition coefficient (Wildman–Crippen LogP) is 3.04. The first-order valence-electron chi connectivity index (χ1n) is 4.42. The lowest BCUT2D eigenvalue weighted by Gasteiger charge is -2.10. The van der Waals surface area contributed by atoms with Crippen molar-refractivity contribution in [2.45, 2.75) is 32.6 Å². The van der Waals surface area contributed by atoms with E-state index in [1.54, 1.807) is 0 Å². The number of unbranched alkanes of at least 4 members (excludes halogenated alkanes) is 2. The number of rotatable bonds is 4. The number of ether oxygens (including phenoxy) is 1. The molecule has 0 spiro atoms. The summed E-state index contributed by atoms with van der Waals surface area (Å²) >= 11 is 0. The van der Waals surface area contributed by atoms with Crippen molar-refractivity contribution in [2.75, 3.05) is 6.61 Å². The molecular formula is C10H16O. The molecule has 0 atom stereocenters. The molecule has 11 heavy (non-hydrogen) atoms. The van der Waals surface area contributed by atoms with Gasteiger partial charge in [0, 0.05) is 6.42 Å². The summed E-state index contributed by atoms with van der Waals surface area (Å²) in [6.45, 7) is 2.98. The molecule has 1 nitrogen and oxygen atoms in total. The van der Waals surface area contributed by atoms with Gasteiger partial charge in [0.15, 0.2) is 0 Å². The van der Waals surface area contributed by atoms with Gasteiger partial charge < -0.3 is 4.74 Å². The van der Waals surface area contributed by atoms with E-state index in [1.165, 1.54) is 19.3 Å². The van der Waals surface area contributed by atoms with Crippen LogP contribution in [0.25, 0.3) is 0 Å². The maximum absolute atomic E-state index is 5.40. The summed E-state index contributed by atoms with van der Waals surface area (Å²) in [6.07, 6.45) is 11.1. The number of hydrogen-bond acceptors (Lipinski definition) is 1. The van der Waals surface area contributed by atoms with Crippen LogP contribution < -0.4 is 0 Å². The molecule has 0 aromatic carbocycles. The van der Waals surface area contributed by atoms with Crippen molar-refractivity contribution >= 4 is 0 Å². The molecule has 0 aromatic rings. The van der Waals surface area contributed by atoms with E-state index in [-0.39, 0.29) is 0 Å². The first kappa shape index (κ1) is 8.38. The summed E-state index contributed by atoms with van der Waals surface area (Å²) in [6, 6.07) is 0. The summed E-state index contributed by atoms with van der Waals surface area (Å²) < 4.78 is 5.40. The van der Waals surface area contributed by atoms with Crippen molar-refractivity contribution in [3.05, 3.63) is 24.0 Å². The third-order valence-corrected chi connectivity index (χ3v) is 1.81. The molecule has 62 valence electrons. The minimum atomic E-state index is 0.762. The zero-order valence-electron chi connectivity index (χ0n) is 7.18. The monoisotopic (exact) mass is 152 g/mol. The fourth-order valence-corrected chi connectivity index (χ4v) is 1.14. The second-order valence-corrected chi connectivity index (χ2v) is 2.83. The highest BCUT2D eigenvalue weighted by atomic mass is 16.5.